The first-order chi connectivity index (χ1) is 30.2. The van der Waals surface area contributed by atoms with Gasteiger partial charge >= 0.3 is 11.9 Å². The van der Waals surface area contributed by atoms with Crippen molar-refractivity contribution in [3.8, 4) is 12.3 Å². The molecular formula is C50H78O14. The van der Waals surface area contributed by atoms with Crippen LogP contribution in [-0.4, -0.2) is 125 Å². The lowest BCUT2D eigenvalue weighted by molar-refractivity contribution is -0.339. The minimum Gasteiger partial charge on any atom is -0.490 e. The predicted octanol–water partition coefficient (Wildman–Crippen LogP) is 5.85. The van der Waals surface area contributed by atoms with Crippen LogP contribution in [0.25, 0.3) is 0 Å². The fraction of sp³-hybridized carbons (Fsp3) is 0.720. The summed E-state index contributed by atoms with van der Waals surface area (Å²) in [5, 5.41) is 58.3. The number of terminal acetylenes is 1. The van der Waals surface area contributed by atoms with Gasteiger partial charge in [0, 0.05) is 56.0 Å². The molecule has 0 aliphatic carbocycles. The summed E-state index contributed by atoms with van der Waals surface area (Å²) < 4.78 is 42.2. The Labute approximate surface area is 381 Å². The van der Waals surface area contributed by atoms with Crippen molar-refractivity contribution >= 4 is 11.9 Å². The first-order valence-corrected chi connectivity index (χ1v) is 22.9. The maximum atomic E-state index is 14.0. The number of carbonyl (C=O) groups excluding carboxylic acids is 2. The molecule has 1 unspecified atom stereocenters. The normalized spacial score (nSPS) is 40.6. The van der Waals surface area contributed by atoms with Gasteiger partial charge in [-0.2, -0.15) is 0 Å². The second-order valence-corrected chi connectivity index (χ2v) is 18.2. The van der Waals surface area contributed by atoms with Gasteiger partial charge in [0.15, 0.2) is 12.1 Å². The van der Waals surface area contributed by atoms with Gasteiger partial charge in [0.1, 0.15) is 24.4 Å². The first kappa shape index (κ1) is 55.0. The third kappa shape index (κ3) is 14.6. The van der Waals surface area contributed by atoms with Gasteiger partial charge in [-0.05, 0) is 52.5 Å². The number of ether oxygens (including phenoxy) is 7. The molecule has 362 valence electrons. The van der Waals surface area contributed by atoms with Crippen molar-refractivity contribution in [1.82, 2.24) is 0 Å². The monoisotopic (exact) mass is 903 g/mol. The number of hydrogen-bond donors (Lipinski definition) is 5. The molecular weight excluding hydrogens is 825 g/mol. The van der Waals surface area contributed by atoms with Crippen LogP contribution < -0.4 is 0 Å². The van der Waals surface area contributed by atoms with Crippen LogP contribution in [0, 0.1) is 47.9 Å². The molecule has 64 heavy (non-hydrogen) atoms. The Morgan fingerprint density at radius 2 is 1.77 bits per heavy atom. The zero-order valence-electron chi connectivity index (χ0n) is 40.1. The molecule has 2 saturated heterocycles. The van der Waals surface area contributed by atoms with Crippen molar-refractivity contribution in [2.45, 2.75) is 181 Å². The standard InChI is InChI=1S/C50H78O14/c1-14-17-22-42(51)61-39-26-43(60-35(11)47(39)55)62-41-27-50(57,64-37(19-15-2)32(41)8)34(10)46(54)33(9)48-38(58-12)21-18-20-28(4)23-30(6)44(52)36(16-3)45(53)31(7)24-29(5)25-40(59-13)49(56)63-48/h1,15,18-21,24-25,30-39,41,43-48,52-55,57H,16-17,22-23,26-27H2,2-13H3/b19-15+,21-18+,28-20+,29-24+,40-25-/t30-,31-,32-,33+,34+,35+,36?,37-,38+,39+,41-,43-,44+,45-,46-,47+,48-,50-/m1/s1. The minimum absolute atomic E-state index is 0.00334. The fourth-order valence-corrected chi connectivity index (χ4v) is 9.14. The summed E-state index contributed by atoms with van der Waals surface area (Å²) >= 11 is 0. The summed E-state index contributed by atoms with van der Waals surface area (Å²) in [6, 6.07) is 0. The largest absolute Gasteiger partial charge is 0.490 e. The molecule has 5 N–H and O–H groups in total. The van der Waals surface area contributed by atoms with Crippen molar-refractivity contribution < 1.29 is 68.3 Å². The van der Waals surface area contributed by atoms with E-state index < -0.39 is 96.9 Å². The van der Waals surface area contributed by atoms with Crippen molar-refractivity contribution in [3.05, 3.63) is 59.4 Å². The van der Waals surface area contributed by atoms with Crippen LogP contribution in [0.1, 0.15) is 108 Å². The topological polar surface area (TPSA) is 200 Å². The average Bonchev–Trinajstić information content (AvgIpc) is 3.25. The highest BCUT2D eigenvalue weighted by Gasteiger charge is 2.52. The highest BCUT2D eigenvalue weighted by Crippen LogP contribution is 2.42. The van der Waals surface area contributed by atoms with Crippen LogP contribution in [0.4, 0.5) is 0 Å². The number of carbonyl (C=O) groups is 2. The molecule has 18 atom stereocenters. The lowest BCUT2D eigenvalue weighted by atomic mass is 9.77. The number of aliphatic hydroxyl groups is 5. The van der Waals surface area contributed by atoms with E-state index >= 15 is 0 Å². The number of esters is 2. The van der Waals surface area contributed by atoms with E-state index in [-0.39, 0.29) is 55.1 Å². The van der Waals surface area contributed by atoms with Gasteiger partial charge in [0.25, 0.3) is 0 Å². The third-order valence-corrected chi connectivity index (χ3v) is 13.3. The second kappa shape index (κ2) is 25.5. The Morgan fingerprint density at radius 1 is 1.08 bits per heavy atom. The summed E-state index contributed by atoms with van der Waals surface area (Å²) in [6.45, 7) is 18.2. The van der Waals surface area contributed by atoms with E-state index in [1.54, 1.807) is 52.0 Å². The van der Waals surface area contributed by atoms with Gasteiger partial charge in [-0.3, -0.25) is 4.79 Å². The van der Waals surface area contributed by atoms with Crippen molar-refractivity contribution in [2.75, 3.05) is 14.2 Å². The molecule has 3 aliphatic rings. The van der Waals surface area contributed by atoms with Gasteiger partial charge < -0.3 is 58.7 Å². The summed E-state index contributed by atoms with van der Waals surface area (Å²) in [5.74, 6) is -4.17. The van der Waals surface area contributed by atoms with Gasteiger partial charge in [-0.1, -0.05) is 89.1 Å². The smallest absolute Gasteiger partial charge is 0.373 e. The summed E-state index contributed by atoms with van der Waals surface area (Å²) in [5.41, 5.74) is 1.59. The van der Waals surface area contributed by atoms with Crippen LogP contribution in [-0.2, 0) is 42.7 Å². The molecule has 0 aromatic rings. The zero-order chi connectivity index (χ0) is 48.1. The average molecular weight is 903 g/mol. The molecule has 0 bridgehead atoms. The molecule has 0 radical (unpaired) electrons. The van der Waals surface area contributed by atoms with E-state index in [0.717, 1.165) is 5.57 Å². The van der Waals surface area contributed by atoms with Crippen LogP contribution in [0.15, 0.2) is 59.4 Å². The van der Waals surface area contributed by atoms with Crippen molar-refractivity contribution in [3.63, 3.8) is 0 Å². The molecule has 0 amide bonds. The van der Waals surface area contributed by atoms with E-state index in [9.17, 15) is 35.1 Å². The molecule has 3 rings (SSSR count). The summed E-state index contributed by atoms with van der Waals surface area (Å²) in [6.07, 6.45) is 8.90. The maximum Gasteiger partial charge on any atom is 0.373 e. The summed E-state index contributed by atoms with van der Waals surface area (Å²) in [7, 11) is 2.81. The van der Waals surface area contributed by atoms with E-state index in [1.807, 2.05) is 53.7 Å². The Kier molecular flexibility index (Phi) is 21.9. The highest BCUT2D eigenvalue weighted by atomic mass is 16.7. The maximum absolute atomic E-state index is 14.0. The van der Waals surface area contributed by atoms with Gasteiger partial charge in [-0.25, -0.2) is 4.79 Å². The molecule has 0 spiro atoms. The zero-order valence-corrected chi connectivity index (χ0v) is 40.1. The second-order valence-electron chi connectivity index (χ2n) is 18.2. The number of cyclic esters (lactones) is 1. The fourth-order valence-electron chi connectivity index (χ4n) is 9.14. The third-order valence-electron chi connectivity index (χ3n) is 13.3. The molecule has 14 heteroatoms. The Balaban J connectivity index is 2.00. The quantitative estimate of drug-likeness (QED) is 0.0839. The molecule has 0 aromatic carbocycles. The molecule has 2 fully saturated rings. The molecule has 14 nitrogen and oxygen atoms in total. The number of allylic oxidation sites excluding steroid dienone is 6. The van der Waals surface area contributed by atoms with Crippen molar-refractivity contribution in [1.29, 1.82) is 0 Å². The summed E-state index contributed by atoms with van der Waals surface area (Å²) in [4.78, 5) is 26.5. The van der Waals surface area contributed by atoms with Gasteiger partial charge in [-0.15, -0.1) is 12.3 Å². The Morgan fingerprint density at radius 3 is 2.38 bits per heavy atom. The van der Waals surface area contributed by atoms with Crippen molar-refractivity contribution in [2.24, 2.45) is 35.5 Å². The number of rotatable bonds is 13. The SMILES string of the molecule is C#CCCC(=O)O[C@H]1C[C@@H](O[C@@H]2C[C@](O)([C@@H](C)[C@H](O)[C@H](C)[C@H]3OC(=O)/C(OC)=C/C(C)=C/[C@@H](C)[C@@H](O)C(CC)[C@@H](O)[C@H](C)C/C(C)=C/C=C/[C@@H]3OC)O[C@H](/C=C/C)[C@H]2C)O[C@@H](C)[C@@H]1O. The highest BCUT2D eigenvalue weighted by molar-refractivity contribution is 5.87. The van der Waals surface area contributed by atoms with Crippen LogP contribution in [0.2, 0.25) is 0 Å². The lowest BCUT2D eigenvalue weighted by Gasteiger charge is -2.50. The minimum atomic E-state index is -1.98. The first-order valence-electron chi connectivity index (χ1n) is 22.9. The number of aliphatic hydroxyl groups excluding tert-OH is 4. The van der Waals surface area contributed by atoms with Crippen LogP contribution >= 0.6 is 0 Å². The Hall–Kier alpha value is -3.36. The Bertz CT molecular complexity index is 1700. The van der Waals surface area contributed by atoms with E-state index in [4.69, 9.17) is 39.6 Å². The van der Waals surface area contributed by atoms with E-state index in [0.29, 0.717) is 18.4 Å². The molecule has 0 saturated carbocycles. The van der Waals surface area contributed by atoms with Crippen LogP contribution in [0.5, 0.6) is 0 Å². The van der Waals surface area contributed by atoms with E-state index in [1.165, 1.54) is 20.3 Å². The lowest BCUT2D eigenvalue weighted by Crippen LogP contribution is -2.59. The molecule has 3 heterocycles. The predicted molar refractivity (Wildman–Crippen MR) is 242 cm³/mol. The van der Waals surface area contributed by atoms with E-state index in [2.05, 4.69) is 5.92 Å². The van der Waals surface area contributed by atoms with Gasteiger partial charge in [0.2, 0.25) is 5.76 Å². The molecule has 3 aliphatic heterocycles. The number of hydrogen-bond acceptors (Lipinski definition) is 14. The molecule has 0 aromatic heterocycles. The van der Waals surface area contributed by atoms with Gasteiger partial charge in [0.05, 0.1) is 50.2 Å². The number of methoxy groups -OCH3 is 2. The van der Waals surface area contributed by atoms with Crippen LogP contribution in [0.3, 0.4) is 0 Å².